The number of nitrogens with zero attached hydrogens (tertiary/aromatic N) is 4. The van der Waals surface area contributed by atoms with Crippen molar-refractivity contribution < 1.29 is 9.59 Å². The SMILES string of the molecule is CNCCN1C(=O)CC[C@H]2CN(C(=O)c3cnn4ccccc34)CC[C@H]21.Cl. The Morgan fingerprint density at radius 2 is 2.19 bits per heavy atom. The van der Waals surface area contributed by atoms with Gasteiger partial charge in [-0.15, -0.1) is 12.4 Å². The highest BCUT2D eigenvalue weighted by molar-refractivity contribution is 6.00. The molecule has 2 amide bonds. The minimum atomic E-state index is 0. The summed E-state index contributed by atoms with van der Waals surface area (Å²) in [4.78, 5) is 29.3. The van der Waals surface area contributed by atoms with Crippen LogP contribution >= 0.6 is 12.4 Å². The molecular weight excluding hydrogens is 366 g/mol. The molecule has 8 heteroatoms. The third-order valence-electron chi connectivity index (χ3n) is 5.69. The Morgan fingerprint density at radius 1 is 1.33 bits per heavy atom. The molecule has 2 saturated heterocycles. The van der Waals surface area contributed by atoms with Gasteiger partial charge in [-0.25, -0.2) is 4.52 Å². The Hall–Kier alpha value is -2.12. The van der Waals surface area contributed by atoms with Crippen LogP contribution in [0.3, 0.4) is 0 Å². The van der Waals surface area contributed by atoms with Gasteiger partial charge in [0.15, 0.2) is 0 Å². The number of piperidine rings is 2. The molecule has 2 aromatic heterocycles. The number of nitrogens with one attached hydrogen (secondary N) is 1. The number of fused-ring (bicyclic) bond motifs is 2. The lowest BCUT2D eigenvalue weighted by molar-refractivity contribution is -0.140. The minimum absolute atomic E-state index is 0. The topological polar surface area (TPSA) is 70.0 Å². The average molecular weight is 392 g/mol. The summed E-state index contributed by atoms with van der Waals surface area (Å²) in [5.41, 5.74) is 1.50. The minimum Gasteiger partial charge on any atom is -0.338 e. The summed E-state index contributed by atoms with van der Waals surface area (Å²) in [6, 6.07) is 6.01. The molecule has 7 nitrogen and oxygen atoms in total. The first-order valence-electron chi connectivity index (χ1n) is 9.34. The maximum absolute atomic E-state index is 13.0. The van der Waals surface area contributed by atoms with Crippen LogP contribution in [0.5, 0.6) is 0 Å². The number of rotatable bonds is 4. The summed E-state index contributed by atoms with van der Waals surface area (Å²) >= 11 is 0. The van der Waals surface area contributed by atoms with Gasteiger partial charge < -0.3 is 15.1 Å². The molecule has 2 aliphatic heterocycles. The first kappa shape index (κ1) is 19.6. The van der Waals surface area contributed by atoms with Gasteiger partial charge in [0.05, 0.1) is 17.3 Å². The van der Waals surface area contributed by atoms with Crippen molar-refractivity contribution in [1.82, 2.24) is 24.7 Å². The molecule has 1 N–H and O–H groups in total. The number of likely N-dealkylation sites (N-methyl/N-ethyl adjacent to an activating group) is 1. The third kappa shape index (κ3) is 3.66. The van der Waals surface area contributed by atoms with E-state index >= 15 is 0 Å². The zero-order valence-corrected chi connectivity index (χ0v) is 16.3. The zero-order chi connectivity index (χ0) is 18.1. The molecule has 2 atom stereocenters. The third-order valence-corrected chi connectivity index (χ3v) is 5.69. The van der Waals surface area contributed by atoms with Crippen molar-refractivity contribution in [3.8, 4) is 0 Å². The molecule has 2 fully saturated rings. The molecule has 2 aliphatic rings. The molecule has 0 radical (unpaired) electrons. The van der Waals surface area contributed by atoms with E-state index in [2.05, 4.69) is 10.4 Å². The number of amides is 2. The summed E-state index contributed by atoms with van der Waals surface area (Å²) in [5.74, 6) is 0.663. The maximum atomic E-state index is 13.0. The predicted octanol–water partition coefficient (Wildman–Crippen LogP) is 1.43. The highest BCUT2D eigenvalue weighted by atomic mass is 35.5. The van der Waals surface area contributed by atoms with Crippen molar-refractivity contribution in [2.75, 3.05) is 33.2 Å². The Bertz CT molecular complexity index is 823. The lowest BCUT2D eigenvalue weighted by atomic mass is 9.83. The van der Waals surface area contributed by atoms with Crippen LogP contribution in [0.1, 0.15) is 29.6 Å². The summed E-state index contributed by atoms with van der Waals surface area (Å²) < 4.78 is 1.73. The first-order chi connectivity index (χ1) is 12.7. The molecule has 4 rings (SSSR count). The van der Waals surface area contributed by atoms with Gasteiger partial charge in [0, 0.05) is 44.8 Å². The second-order valence-corrected chi connectivity index (χ2v) is 7.19. The molecule has 2 aromatic rings. The summed E-state index contributed by atoms with van der Waals surface area (Å²) in [5, 5.41) is 7.41. The van der Waals surface area contributed by atoms with Gasteiger partial charge in [-0.3, -0.25) is 9.59 Å². The number of hydrogen-bond donors (Lipinski definition) is 1. The molecule has 0 saturated carbocycles. The van der Waals surface area contributed by atoms with Crippen LogP contribution < -0.4 is 5.32 Å². The Balaban J connectivity index is 0.00000210. The zero-order valence-electron chi connectivity index (χ0n) is 15.5. The van der Waals surface area contributed by atoms with E-state index in [-0.39, 0.29) is 30.3 Å². The molecule has 0 unspecified atom stereocenters. The molecule has 0 bridgehead atoms. The number of pyridine rings is 1. The van der Waals surface area contributed by atoms with E-state index in [1.165, 1.54) is 0 Å². The monoisotopic (exact) mass is 391 g/mol. The van der Waals surface area contributed by atoms with Gasteiger partial charge in [-0.2, -0.15) is 5.10 Å². The normalized spacial score (nSPS) is 22.5. The van der Waals surface area contributed by atoms with Crippen LogP contribution in [0.25, 0.3) is 5.52 Å². The maximum Gasteiger partial charge on any atom is 0.257 e. The van der Waals surface area contributed by atoms with Gasteiger partial charge in [-0.05, 0) is 37.9 Å². The molecule has 4 heterocycles. The molecule has 0 spiro atoms. The van der Waals surface area contributed by atoms with Crippen molar-refractivity contribution in [2.45, 2.75) is 25.3 Å². The largest absolute Gasteiger partial charge is 0.338 e. The van der Waals surface area contributed by atoms with E-state index in [1.54, 1.807) is 10.7 Å². The van der Waals surface area contributed by atoms with Crippen LogP contribution in [0.15, 0.2) is 30.6 Å². The smallest absolute Gasteiger partial charge is 0.257 e. The second kappa shape index (κ2) is 8.27. The lowest BCUT2D eigenvalue weighted by Gasteiger charge is -2.47. The second-order valence-electron chi connectivity index (χ2n) is 7.19. The average Bonchev–Trinajstić information content (AvgIpc) is 3.10. The molecule has 27 heavy (non-hydrogen) atoms. The Morgan fingerprint density at radius 3 is 3.00 bits per heavy atom. The number of carbonyl (C=O) groups is 2. The highest BCUT2D eigenvalue weighted by Gasteiger charge is 2.40. The van der Waals surface area contributed by atoms with Gasteiger partial charge in [0.1, 0.15) is 0 Å². The van der Waals surface area contributed by atoms with Crippen LogP contribution in [0.4, 0.5) is 0 Å². The number of aromatic nitrogens is 2. The van der Waals surface area contributed by atoms with Crippen molar-refractivity contribution >= 4 is 29.7 Å². The summed E-state index contributed by atoms with van der Waals surface area (Å²) in [7, 11) is 1.91. The lowest BCUT2D eigenvalue weighted by Crippen LogP contribution is -2.57. The van der Waals surface area contributed by atoms with E-state index in [1.807, 2.05) is 41.2 Å². The fourth-order valence-electron chi connectivity index (χ4n) is 4.33. The number of hydrogen-bond acceptors (Lipinski definition) is 4. The quantitative estimate of drug-likeness (QED) is 0.856. The van der Waals surface area contributed by atoms with E-state index in [0.29, 0.717) is 24.4 Å². The number of halogens is 1. The number of likely N-dealkylation sites (tertiary alicyclic amines) is 2. The van der Waals surface area contributed by atoms with Gasteiger partial charge >= 0.3 is 0 Å². The van der Waals surface area contributed by atoms with E-state index < -0.39 is 0 Å². The molecule has 0 aliphatic carbocycles. The van der Waals surface area contributed by atoms with Crippen LogP contribution in [0.2, 0.25) is 0 Å². The predicted molar refractivity (Wildman–Crippen MR) is 105 cm³/mol. The van der Waals surface area contributed by atoms with E-state index in [0.717, 1.165) is 38.0 Å². The molecular formula is C19H26ClN5O2. The van der Waals surface area contributed by atoms with Crippen molar-refractivity contribution in [3.63, 3.8) is 0 Å². The summed E-state index contributed by atoms with van der Waals surface area (Å²) in [6.07, 6.45) is 5.82. The Labute approximate surface area is 165 Å². The summed E-state index contributed by atoms with van der Waals surface area (Å²) in [6.45, 7) is 2.96. The van der Waals surface area contributed by atoms with Crippen LogP contribution in [0, 0.1) is 5.92 Å². The molecule has 146 valence electrons. The van der Waals surface area contributed by atoms with Crippen LogP contribution in [-0.2, 0) is 4.79 Å². The van der Waals surface area contributed by atoms with Gasteiger partial charge in [0.25, 0.3) is 5.91 Å². The standard InChI is InChI=1S/C19H25N5O2.ClH/c1-20-8-11-23-16-7-10-22(13-14(16)5-6-18(23)25)19(26)15-12-21-24-9-3-2-4-17(15)24;/h2-4,9,12,14,16,20H,5-8,10-11,13H2,1H3;1H/t14-,16+;/m0./s1. The fraction of sp³-hybridized carbons (Fsp3) is 0.526. The van der Waals surface area contributed by atoms with Crippen molar-refractivity contribution in [2.24, 2.45) is 5.92 Å². The first-order valence-corrected chi connectivity index (χ1v) is 9.34. The van der Waals surface area contributed by atoms with E-state index in [4.69, 9.17) is 0 Å². The van der Waals surface area contributed by atoms with Crippen molar-refractivity contribution in [3.05, 3.63) is 36.2 Å². The highest BCUT2D eigenvalue weighted by Crippen LogP contribution is 2.32. The fourth-order valence-corrected chi connectivity index (χ4v) is 4.33. The van der Waals surface area contributed by atoms with E-state index in [9.17, 15) is 9.59 Å². The Kier molecular flexibility index (Phi) is 6.01. The number of carbonyl (C=O) groups excluding carboxylic acids is 2. The van der Waals surface area contributed by atoms with Crippen LogP contribution in [-0.4, -0.2) is 70.5 Å². The van der Waals surface area contributed by atoms with Crippen molar-refractivity contribution in [1.29, 1.82) is 0 Å². The van der Waals surface area contributed by atoms with Gasteiger partial charge in [0.2, 0.25) is 5.91 Å². The van der Waals surface area contributed by atoms with Gasteiger partial charge in [-0.1, -0.05) is 6.07 Å². The molecule has 0 aromatic carbocycles.